The Bertz CT molecular complexity index is 483. The fourth-order valence-electron chi connectivity index (χ4n) is 2.42. The standard InChI is InChI=1S/C14H17ClN2O/c1-17(2)16-14-10(8-9-18)6-7-11-12(14)4-3-5-13(11)15/h3-5,9-10H,6-8H2,1-2H3. The Morgan fingerprint density at radius 3 is 2.94 bits per heavy atom. The normalized spacial score (nSPS) is 20.6. The molecule has 1 aliphatic carbocycles. The Morgan fingerprint density at radius 1 is 1.50 bits per heavy atom. The van der Waals surface area contributed by atoms with Gasteiger partial charge < -0.3 is 9.80 Å². The molecule has 0 heterocycles. The largest absolute Gasteiger partial charge is 0.303 e. The van der Waals surface area contributed by atoms with E-state index in [0.29, 0.717) is 6.42 Å². The number of carbonyl (C=O) groups excluding carboxylic acids is 1. The summed E-state index contributed by atoms with van der Waals surface area (Å²) in [5, 5.41) is 7.13. The highest BCUT2D eigenvalue weighted by Crippen LogP contribution is 2.32. The highest BCUT2D eigenvalue weighted by atomic mass is 35.5. The molecule has 0 radical (unpaired) electrons. The molecular weight excluding hydrogens is 248 g/mol. The van der Waals surface area contributed by atoms with Gasteiger partial charge in [-0.3, -0.25) is 0 Å². The van der Waals surface area contributed by atoms with Crippen LogP contribution in [0, 0.1) is 5.92 Å². The lowest BCUT2D eigenvalue weighted by Crippen LogP contribution is -2.26. The van der Waals surface area contributed by atoms with E-state index in [1.807, 2.05) is 32.3 Å². The molecule has 1 aliphatic rings. The van der Waals surface area contributed by atoms with Crippen molar-refractivity contribution in [2.24, 2.45) is 11.0 Å². The fourth-order valence-corrected chi connectivity index (χ4v) is 2.69. The molecule has 1 aromatic carbocycles. The van der Waals surface area contributed by atoms with E-state index in [0.717, 1.165) is 41.0 Å². The molecule has 1 atom stereocenters. The summed E-state index contributed by atoms with van der Waals surface area (Å²) >= 11 is 6.23. The third-order valence-corrected chi connectivity index (χ3v) is 3.57. The van der Waals surface area contributed by atoms with E-state index in [-0.39, 0.29) is 5.92 Å². The molecule has 2 rings (SSSR count). The van der Waals surface area contributed by atoms with Crippen molar-refractivity contribution in [1.29, 1.82) is 0 Å². The Morgan fingerprint density at radius 2 is 2.28 bits per heavy atom. The van der Waals surface area contributed by atoms with E-state index in [1.54, 1.807) is 5.01 Å². The van der Waals surface area contributed by atoms with Crippen LogP contribution in [0.15, 0.2) is 23.3 Å². The van der Waals surface area contributed by atoms with Crippen LogP contribution in [0.2, 0.25) is 5.02 Å². The van der Waals surface area contributed by atoms with Crippen molar-refractivity contribution in [3.8, 4) is 0 Å². The molecule has 1 unspecified atom stereocenters. The van der Waals surface area contributed by atoms with Gasteiger partial charge in [0.1, 0.15) is 6.29 Å². The molecule has 4 heteroatoms. The zero-order valence-electron chi connectivity index (χ0n) is 10.7. The molecule has 96 valence electrons. The maximum absolute atomic E-state index is 10.8. The van der Waals surface area contributed by atoms with E-state index in [1.165, 1.54) is 0 Å². The zero-order chi connectivity index (χ0) is 13.1. The Labute approximate surface area is 112 Å². The maximum atomic E-state index is 10.8. The van der Waals surface area contributed by atoms with Gasteiger partial charge in [0.2, 0.25) is 0 Å². The predicted molar refractivity (Wildman–Crippen MR) is 74.2 cm³/mol. The lowest BCUT2D eigenvalue weighted by molar-refractivity contribution is -0.108. The van der Waals surface area contributed by atoms with Gasteiger partial charge in [0, 0.05) is 37.0 Å². The smallest absolute Gasteiger partial charge is 0.120 e. The number of hydrazone groups is 1. The molecule has 18 heavy (non-hydrogen) atoms. The number of halogens is 1. The highest BCUT2D eigenvalue weighted by molar-refractivity contribution is 6.32. The van der Waals surface area contributed by atoms with Gasteiger partial charge in [-0.1, -0.05) is 23.7 Å². The summed E-state index contributed by atoms with van der Waals surface area (Å²) in [6.07, 6.45) is 3.35. The van der Waals surface area contributed by atoms with Crippen molar-refractivity contribution in [1.82, 2.24) is 5.01 Å². The summed E-state index contributed by atoms with van der Waals surface area (Å²) in [6, 6.07) is 5.89. The minimum Gasteiger partial charge on any atom is -0.303 e. The number of hydrogen-bond donors (Lipinski definition) is 0. The summed E-state index contributed by atoms with van der Waals surface area (Å²) in [4.78, 5) is 10.8. The Kier molecular flexibility index (Phi) is 4.02. The van der Waals surface area contributed by atoms with E-state index in [9.17, 15) is 4.79 Å². The molecule has 3 nitrogen and oxygen atoms in total. The van der Waals surface area contributed by atoms with Gasteiger partial charge in [0.05, 0.1) is 5.71 Å². The van der Waals surface area contributed by atoms with Gasteiger partial charge in [-0.15, -0.1) is 0 Å². The molecule has 0 saturated carbocycles. The topological polar surface area (TPSA) is 32.7 Å². The lowest BCUT2D eigenvalue weighted by atomic mass is 9.81. The molecular formula is C14H17ClN2O. The van der Waals surface area contributed by atoms with Crippen molar-refractivity contribution in [2.45, 2.75) is 19.3 Å². The van der Waals surface area contributed by atoms with Crippen molar-refractivity contribution in [2.75, 3.05) is 14.1 Å². The minimum atomic E-state index is 0.205. The molecule has 0 fully saturated rings. The first-order chi connectivity index (χ1) is 8.63. The van der Waals surface area contributed by atoms with Gasteiger partial charge in [-0.2, -0.15) is 5.10 Å². The summed E-state index contributed by atoms with van der Waals surface area (Å²) in [6.45, 7) is 0. The molecule has 0 spiro atoms. The van der Waals surface area contributed by atoms with E-state index in [4.69, 9.17) is 11.6 Å². The van der Waals surface area contributed by atoms with E-state index < -0.39 is 0 Å². The van der Waals surface area contributed by atoms with Gasteiger partial charge in [0.25, 0.3) is 0 Å². The van der Waals surface area contributed by atoms with Crippen molar-refractivity contribution in [3.63, 3.8) is 0 Å². The molecule has 0 amide bonds. The van der Waals surface area contributed by atoms with Crippen LogP contribution in [0.3, 0.4) is 0 Å². The van der Waals surface area contributed by atoms with E-state index >= 15 is 0 Å². The van der Waals surface area contributed by atoms with Crippen molar-refractivity contribution < 1.29 is 4.79 Å². The van der Waals surface area contributed by atoms with Gasteiger partial charge >= 0.3 is 0 Å². The van der Waals surface area contributed by atoms with Crippen LogP contribution in [0.5, 0.6) is 0 Å². The molecule has 0 N–H and O–H groups in total. The first-order valence-electron chi connectivity index (χ1n) is 6.10. The van der Waals surface area contributed by atoms with Crippen LogP contribution in [0.4, 0.5) is 0 Å². The maximum Gasteiger partial charge on any atom is 0.120 e. The zero-order valence-corrected chi connectivity index (χ0v) is 11.4. The SMILES string of the molecule is CN(C)N=C1c2cccc(Cl)c2CCC1CC=O. The minimum absolute atomic E-state index is 0.205. The first kappa shape index (κ1) is 13.1. The van der Waals surface area contributed by atoms with Crippen LogP contribution in [0.25, 0.3) is 0 Å². The number of fused-ring (bicyclic) bond motifs is 1. The second-order valence-electron chi connectivity index (χ2n) is 4.74. The van der Waals surface area contributed by atoms with Crippen LogP contribution in [-0.4, -0.2) is 31.1 Å². The third kappa shape index (κ3) is 2.56. The fraction of sp³-hybridized carbons (Fsp3) is 0.429. The molecule has 0 aliphatic heterocycles. The lowest BCUT2D eigenvalue weighted by Gasteiger charge is -2.27. The predicted octanol–water partition coefficient (Wildman–Crippen LogP) is 2.76. The highest BCUT2D eigenvalue weighted by Gasteiger charge is 2.26. The van der Waals surface area contributed by atoms with Gasteiger partial charge in [-0.05, 0) is 24.5 Å². The van der Waals surface area contributed by atoms with E-state index in [2.05, 4.69) is 5.10 Å². The summed E-state index contributed by atoms with van der Waals surface area (Å²) in [7, 11) is 3.79. The number of hydrogen-bond acceptors (Lipinski definition) is 3. The number of carbonyl (C=O) groups is 1. The molecule has 1 aromatic rings. The average molecular weight is 265 g/mol. The number of rotatable bonds is 3. The second kappa shape index (κ2) is 5.53. The first-order valence-corrected chi connectivity index (χ1v) is 6.48. The quantitative estimate of drug-likeness (QED) is 0.621. The van der Waals surface area contributed by atoms with Crippen LogP contribution < -0.4 is 0 Å². The second-order valence-corrected chi connectivity index (χ2v) is 5.14. The monoisotopic (exact) mass is 264 g/mol. The molecule has 0 saturated heterocycles. The summed E-state index contributed by atoms with van der Waals surface area (Å²) < 4.78 is 0. The molecule has 0 aromatic heterocycles. The summed E-state index contributed by atoms with van der Waals surface area (Å²) in [5.74, 6) is 0.205. The third-order valence-electron chi connectivity index (χ3n) is 3.21. The number of aldehydes is 1. The number of nitrogens with zero attached hydrogens (tertiary/aromatic N) is 2. The number of benzene rings is 1. The van der Waals surface area contributed by atoms with Crippen LogP contribution >= 0.6 is 11.6 Å². The van der Waals surface area contributed by atoms with Crippen molar-refractivity contribution in [3.05, 3.63) is 34.3 Å². The Hall–Kier alpha value is -1.35. The van der Waals surface area contributed by atoms with Crippen LogP contribution in [-0.2, 0) is 11.2 Å². The summed E-state index contributed by atoms with van der Waals surface area (Å²) in [5.41, 5.74) is 3.23. The van der Waals surface area contributed by atoms with Gasteiger partial charge in [-0.25, -0.2) is 0 Å². The average Bonchev–Trinajstić information content (AvgIpc) is 2.32. The van der Waals surface area contributed by atoms with Crippen LogP contribution in [0.1, 0.15) is 24.0 Å². The molecule has 0 bridgehead atoms. The van der Waals surface area contributed by atoms with Gasteiger partial charge in [0.15, 0.2) is 0 Å². The van der Waals surface area contributed by atoms with Crippen molar-refractivity contribution >= 4 is 23.6 Å². The Balaban J connectivity index is 2.49.